The van der Waals surface area contributed by atoms with E-state index in [4.69, 9.17) is 4.74 Å². The molecule has 4 heteroatoms. The Kier molecular flexibility index (Phi) is 5.83. The zero-order valence-electron chi connectivity index (χ0n) is 14.0. The van der Waals surface area contributed by atoms with Gasteiger partial charge in [0.2, 0.25) is 0 Å². The molecule has 124 valence electrons. The second-order valence-corrected chi connectivity index (χ2v) is 6.34. The first kappa shape index (κ1) is 16.2. The number of rotatable bonds is 7. The van der Waals surface area contributed by atoms with Crippen molar-refractivity contribution in [1.29, 1.82) is 0 Å². The molecule has 1 atom stereocenters. The molecular weight excluding hydrogens is 286 g/mol. The summed E-state index contributed by atoms with van der Waals surface area (Å²) in [6, 6.07) is 10.6. The first-order chi connectivity index (χ1) is 11.3. The van der Waals surface area contributed by atoms with Crippen molar-refractivity contribution in [2.45, 2.75) is 45.3 Å². The maximum atomic E-state index is 5.91. The standard InChI is InChI=1S/C19H27N3O/c1-2-12-21(16-19-6-3-4-14-23-19)15-17-7-9-18(10-8-17)22-13-5-11-20-22/h5,7-11,13,19H,2-4,6,12,14-16H2,1H3. The Morgan fingerprint density at radius 3 is 2.78 bits per heavy atom. The lowest BCUT2D eigenvalue weighted by molar-refractivity contribution is -0.00713. The van der Waals surface area contributed by atoms with Crippen LogP contribution in [0.3, 0.4) is 0 Å². The SMILES string of the molecule is CCCN(Cc1ccc(-n2cccn2)cc1)CC1CCCCO1. The van der Waals surface area contributed by atoms with E-state index in [1.165, 1.54) is 31.2 Å². The Balaban J connectivity index is 1.60. The Labute approximate surface area is 139 Å². The van der Waals surface area contributed by atoms with E-state index < -0.39 is 0 Å². The Bertz CT molecular complexity index is 559. The van der Waals surface area contributed by atoms with Gasteiger partial charge in [-0.05, 0) is 56.0 Å². The van der Waals surface area contributed by atoms with Gasteiger partial charge in [0, 0.05) is 32.1 Å². The highest BCUT2D eigenvalue weighted by Crippen LogP contribution is 2.16. The molecular formula is C19H27N3O. The fourth-order valence-corrected chi connectivity index (χ4v) is 3.22. The minimum atomic E-state index is 0.415. The van der Waals surface area contributed by atoms with Gasteiger partial charge in [0.25, 0.3) is 0 Å². The molecule has 1 aromatic carbocycles. The van der Waals surface area contributed by atoms with Crippen molar-refractivity contribution < 1.29 is 4.74 Å². The van der Waals surface area contributed by atoms with Crippen molar-refractivity contribution in [3.05, 3.63) is 48.3 Å². The predicted molar refractivity (Wildman–Crippen MR) is 92.7 cm³/mol. The Hall–Kier alpha value is -1.65. The van der Waals surface area contributed by atoms with Crippen LogP contribution >= 0.6 is 0 Å². The minimum absolute atomic E-state index is 0.415. The molecule has 0 N–H and O–H groups in total. The maximum Gasteiger partial charge on any atom is 0.0702 e. The van der Waals surface area contributed by atoms with Crippen LogP contribution in [0.1, 0.15) is 38.2 Å². The summed E-state index contributed by atoms with van der Waals surface area (Å²) >= 11 is 0. The molecule has 23 heavy (non-hydrogen) atoms. The molecule has 1 aliphatic rings. The van der Waals surface area contributed by atoms with E-state index >= 15 is 0 Å². The number of hydrogen-bond donors (Lipinski definition) is 0. The highest BCUT2D eigenvalue weighted by Gasteiger charge is 2.17. The van der Waals surface area contributed by atoms with Gasteiger partial charge in [0.15, 0.2) is 0 Å². The minimum Gasteiger partial charge on any atom is -0.377 e. The van der Waals surface area contributed by atoms with Crippen molar-refractivity contribution in [3.63, 3.8) is 0 Å². The van der Waals surface area contributed by atoms with E-state index in [2.05, 4.69) is 41.2 Å². The number of ether oxygens (including phenoxy) is 1. The van der Waals surface area contributed by atoms with Gasteiger partial charge in [0.1, 0.15) is 0 Å². The largest absolute Gasteiger partial charge is 0.377 e. The second kappa shape index (κ2) is 8.27. The lowest BCUT2D eigenvalue weighted by atomic mass is 10.1. The van der Waals surface area contributed by atoms with Crippen molar-refractivity contribution in [2.24, 2.45) is 0 Å². The number of aromatic nitrogens is 2. The average Bonchev–Trinajstić information content (AvgIpc) is 3.11. The monoisotopic (exact) mass is 313 g/mol. The molecule has 0 bridgehead atoms. The van der Waals surface area contributed by atoms with Gasteiger partial charge in [0.05, 0.1) is 11.8 Å². The molecule has 2 heterocycles. The molecule has 1 unspecified atom stereocenters. The smallest absolute Gasteiger partial charge is 0.0702 e. The maximum absolute atomic E-state index is 5.91. The van der Waals surface area contributed by atoms with Crippen LogP contribution in [0, 0.1) is 0 Å². The van der Waals surface area contributed by atoms with Gasteiger partial charge in [-0.1, -0.05) is 19.1 Å². The van der Waals surface area contributed by atoms with Gasteiger partial charge in [-0.15, -0.1) is 0 Å². The summed E-state index contributed by atoms with van der Waals surface area (Å²) in [5.74, 6) is 0. The zero-order chi connectivity index (χ0) is 15.9. The van der Waals surface area contributed by atoms with Crippen molar-refractivity contribution in [3.8, 4) is 5.69 Å². The van der Waals surface area contributed by atoms with Crippen LogP contribution in [-0.2, 0) is 11.3 Å². The van der Waals surface area contributed by atoms with Crippen LogP contribution in [0.15, 0.2) is 42.7 Å². The molecule has 0 aliphatic carbocycles. The first-order valence-corrected chi connectivity index (χ1v) is 8.78. The van der Waals surface area contributed by atoms with E-state index in [-0.39, 0.29) is 0 Å². The average molecular weight is 313 g/mol. The molecule has 1 aliphatic heterocycles. The lowest BCUT2D eigenvalue weighted by Gasteiger charge is -2.29. The lowest BCUT2D eigenvalue weighted by Crippen LogP contribution is -2.35. The summed E-state index contributed by atoms with van der Waals surface area (Å²) < 4.78 is 7.80. The quantitative estimate of drug-likeness (QED) is 0.781. The van der Waals surface area contributed by atoms with E-state index in [1.54, 1.807) is 6.20 Å². The van der Waals surface area contributed by atoms with Gasteiger partial charge >= 0.3 is 0 Å². The molecule has 0 saturated carbocycles. The fraction of sp³-hybridized carbons (Fsp3) is 0.526. The fourth-order valence-electron chi connectivity index (χ4n) is 3.22. The molecule has 2 aromatic rings. The van der Waals surface area contributed by atoms with Crippen molar-refractivity contribution in [1.82, 2.24) is 14.7 Å². The molecule has 0 radical (unpaired) electrons. The normalized spacial score (nSPS) is 18.4. The van der Waals surface area contributed by atoms with Crippen molar-refractivity contribution in [2.75, 3.05) is 19.7 Å². The molecule has 1 saturated heterocycles. The van der Waals surface area contributed by atoms with E-state index in [1.807, 2.05) is 16.9 Å². The Morgan fingerprint density at radius 1 is 1.26 bits per heavy atom. The van der Waals surface area contributed by atoms with E-state index in [0.717, 1.165) is 31.9 Å². The van der Waals surface area contributed by atoms with Crippen LogP contribution in [0.25, 0.3) is 5.69 Å². The zero-order valence-corrected chi connectivity index (χ0v) is 14.0. The third-order valence-electron chi connectivity index (χ3n) is 4.39. The highest BCUT2D eigenvalue weighted by atomic mass is 16.5. The summed E-state index contributed by atoms with van der Waals surface area (Å²) in [6.07, 6.45) is 9.11. The molecule has 4 nitrogen and oxygen atoms in total. The summed E-state index contributed by atoms with van der Waals surface area (Å²) in [6.45, 7) is 6.35. The molecule has 1 fully saturated rings. The Morgan fingerprint density at radius 2 is 2.13 bits per heavy atom. The predicted octanol–water partition coefficient (Wildman–Crippen LogP) is 3.65. The first-order valence-electron chi connectivity index (χ1n) is 8.78. The summed E-state index contributed by atoms with van der Waals surface area (Å²) in [4.78, 5) is 2.53. The van der Waals surface area contributed by atoms with E-state index in [9.17, 15) is 0 Å². The van der Waals surface area contributed by atoms with Crippen LogP contribution in [0.5, 0.6) is 0 Å². The van der Waals surface area contributed by atoms with Crippen LogP contribution < -0.4 is 0 Å². The molecule has 3 rings (SSSR count). The van der Waals surface area contributed by atoms with Crippen LogP contribution in [-0.4, -0.2) is 40.5 Å². The third kappa shape index (κ3) is 4.66. The van der Waals surface area contributed by atoms with Gasteiger partial charge in [-0.2, -0.15) is 5.10 Å². The number of hydrogen-bond acceptors (Lipinski definition) is 3. The van der Waals surface area contributed by atoms with E-state index in [0.29, 0.717) is 6.10 Å². The van der Waals surface area contributed by atoms with Gasteiger partial charge in [-0.25, -0.2) is 4.68 Å². The van der Waals surface area contributed by atoms with Gasteiger partial charge < -0.3 is 4.74 Å². The highest BCUT2D eigenvalue weighted by molar-refractivity contribution is 5.33. The third-order valence-corrected chi connectivity index (χ3v) is 4.39. The molecule has 1 aromatic heterocycles. The number of benzene rings is 1. The topological polar surface area (TPSA) is 30.3 Å². The van der Waals surface area contributed by atoms with Crippen LogP contribution in [0.4, 0.5) is 0 Å². The molecule has 0 amide bonds. The summed E-state index contributed by atoms with van der Waals surface area (Å²) in [5.41, 5.74) is 2.46. The summed E-state index contributed by atoms with van der Waals surface area (Å²) in [5, 5.41) is 4.27. The number of nitrogens with zero attached hydrogens (tertiary/aromatic N) is 3. The van der Waals surface area contributed by atoms with Gasteiger partial charge in [-0.3, -0.25) is 4.90 Å². The van der Waals surface area contributed by atoms with Crippen molar-refractivity contribution >= 4 is 0 Å². The van der Waals surface area contributed by atoms with Crippen LogP contribution in [0.2, 0.25) is 0 Å². The molecule has 0 spiro atoms. The second-order valence-electron chi connectivity index (χ2n) is 6.34. The summed E-state index contributed by atoms with van der Waals surface area (Å²) in [7, 11) is 0.